The molecule has 0 aromatic heterocycles. The van der Waals surface area contributed by atoms with Gasteiger partial charge in [-0.2, -0.15) is 0 Å². The highest BCUT2D eigenvalue weighted by Gasteiger charge is 2.34. The van der Waals surface area contributed by atoms with E-state index in [0.717, 1.165) is 25.5 Å². The lowest BCUT2D eigenvalue weighted by molar-refractivity contribution is 0.0974. The third-order valence-corrected chi connectivity index (χ3v) is 12.4. The Morgan fingerprint density at radius 2 is 1.06 bits per heavy atom. The van der Waals surface area contributed by atoms with Crippen LogP contribution in [0.4, 0.5) is 0 Å². The van der Waals surface area contributed by atoms with E-state index in [9.17, 15) is 9.59 Å². The molecule has 7 rings (SSSR count). The fourth-order valence-electron chi connectivity index (χ4n) is 7.48. The zero-order valence-electron chi connectivity index (χ0n) is 28.9. The number of carbonyl (C=O) groups is 2. The molecule has 0 radical (unpaired) electrons. The fourth-order valence-corrected chi connectivity index (χ4v) is 9.44. The third-order valence-electron chi connectivity index (χ3n) is 10.3. The first-order chi connectivity index (χ1) is 23.7. The Morgan fingerprint density at radius 1 is 0.592 bits per heavy atom. The molecule has 0 N–H and O–H groups in total. The minimum atomic E-state index is -0.0891. The summed E-state index contributed by atoms with van der Waals surface area (Å²) < 4.78 is 0. The van der Waals surface area contributed by atoms with E-state index in [1.54, 1.807) is 23.9 Å². The molecule has 2 aliphatic carbocycles. The summed E-state index contributed by atoms with van der Waals surface area (Å²) in [4.78, 5) is 31.8. The minimum Gasteiger partial charge on any atom is -0.289 e. The maximum Gasteiger partial charge on any atom is 0.195 e. The van der Waals surface area contributed by atoms with Crippen LogP contribution >= 0.6 is 23.5 Å². The van der Waals surface area contributed by atoms with Crippen LogP contribution in [0.5, 0.6) is 0 Å². The molecule has 2 aliphatic rings. The lowest BCUT2D eigenvalue weighted by Gasteiger charge is -2.28. The van der Waals surface area contributed by atoms with Crippen LogP contribution in [0.1, 0.15) is 115 Å². The Balaban J connectivity index is 1.07. The largest absolute Gasteiger partial charge is 0.289 e. The molecule has 5 aromatic rings. The predicted molar refractivity (Wildman–Crippen MR) is 205 cm³/mol. The first-order valence-corrected chi connectivity index (χ1v) is 19.3. The molecule has 0 bridgehead atoms. The molecule has 5 aromatic carbocycles. The number of rotatable bonds is 8. The Morgan fingerprint density at radius 3 is 1.53 bits per heavy atom. The Kier molecular flexibility index (Phi) is 9.72. The second kappa shape index (κ2) is 14.2. The first kappa shape index (κ1) is 33.6. The summed E-state index contributed by atoms with van der Waals surface area (Å²) in [5.74, 6) is 1.44. The van der Waals surface area contributed by atoms with Gasteiger partial charge in [0.05, 0.1) is 0 Å². The minimum absolute atomic E-state index is 0.0673. The highest BCUT2D eigenvalue weighted by atomic mass is 32.2. The van der Waals surface area contributed by atoms with Crippen LogP contribution in [0, 0.1) is 5.92 Å². The first-order valence-electron chi connectivity index (χ1n) is 17.7. The van der Waals surface area contributed by atoms with Crippen molar-refractivity contribution in [3.05, 3.63) is 143 Å². The Bertz CT molecular complexity index is 1980. The van der Waals surface area contributed by atoms with E-state index >= 15 is 0 Å². The second-order valence-corrected chi connectivity index (χ2v) is 16.9. The van der Waals surface area contributed by atoms with Crippen molar-refractivity contribution in [2.75, 3.05) is 0 Å². The van der Waals surface area contributed by atoms with Crippen LogP contribution in [0.25, 0.3) is 11.1 Å². The Labute approximate surface area is 300 Å². The van der Waals surface area contributed by atoms with Crippen molar-refractivity contribution in [2.24, 2.45) is 5.92 Å². The highest BCUT2D eigenvalue weighted by Crippen LogP contribution is 2.42. The summed E-state index contributed by atoms with van der Waals surface area (Å²) in [5, 5.41) is 0. The van der Waals surface area contributed by atoms with Crippen molar-refractivity contribution >= 4 is 35.1 Å². The molecule has 49 heavy (non-hydrogen) atoms. The monoisotopic (exact) mass is 680 g/mol. The summed E-state index contributed by atoms with van der Waals surface area (Å²) in [7, 11) is 0. The van der Waals surface area contributed by atoms with Gasteiger partial charge in [0.2, 0.25) is 0 Å². The van der Waals surface area contributed by atoms with Gasteiger partial charge in [0.15, 0.2) is 11.6 Å². The van der Waals surface area contributed by atoms with Gasteiger partial charge in [-0.1, -0.05) is 137 Å². The normalized spacial score (nSPS) is 17.5. The van der Waals surface area contributed by atoms with E-state index in [0.29, 0.717) is 28.2 Å². The topological polar surface area (TPSA) is 34.1 Å². The molecule has 0 unspecified atom stereocenters. The summed E-state index contributed by atoms with van der Waals surface area (Å²) in [6, 6.07) is 37.5. The standard InChI is InChI=1S/C45H44O2S2/c1-5-8-29-13-15-30(16-14-29)31-17-19-32(20-18-31)33-21-25-35(26-22-33)48-39-11-6-9-37-41(39)43(46)38-10-7-12-40(42(38)44(37)47)49-36-27-23-34(24-28-36)45(2,3)4/h6-7,9-12,17-30H,5,8,13-16H2,1-4H3. The van der Waals surface area contributed by atoms with Gasteiger partial charge in [0.25, 0.3) is 0 Å². The van der Waals surface area contributed by atoms with Crippen molar-refractivity contribution in [2.45, 2.75) is 97.1 Å². The average molecular weight is 681 g/mol. The molecule has 0 heterocycles. The molecule has 4 heteroatoms. The smallest absolute Gasteiger partial charge is 0.195 e. The molecule has 0 amide bonds. The molecule has 0 atom stereocenters. The number of carbonyl (C=O) groups excluding carboxylic acids is 2. The number of ketones is 2. The average Bonchev–Trinajstić information content (AvgIpc) is 3.11. The van der Waals surface area contributed by atoms with Gasteiger partial charge >= 0.3 is 0 Å². The van der Waals surface area contributed by atoms with E-state index in [2.05, 4.69) is 100 Å². The van der Waals surface area contributed by atoms with E-state index in [-0.39, 0.29) is 17.0 Å². The molecule has 1 fully saturated rings. The van der Waals surface area contributed by atoms with Crippen LogP contribution in [0.15, 0.2) is 129 Å². The van der Waals surface area contributed by atoms with Gasteiger partial charge in [0, 0.05) is 41.8 Å². The van der Waals surface area contributed by atoms with Gasteiger partial charge in [-0.05, 0) is 102 Å². The molecular formula is C45H44O2S2. The summed E-state index contributed by atoms with van der Waals surface area (Å²) in [5.41, 5.74) is 7.17. The summed E-state index contributed by atoms with van der Waals surface area (Å²) in [6.45, 7) is 8.90. The van der Waals surface area contributed by atoms with Crippen molar-refractivity contribution in [3.63, 3.8) is 0 Å². The summed E-state index contributed by atoms with van der Waals surface area (Å²) in [6.07, 6.45) is 8.03. The van der Waals surface area contributed by atoms with Crippen molar-refractivity contribution in [3.8, 4) is 11.1 Å². The van der Waals surface area contributed by atoms with E-state index in [1.807, 2.05) is 24.3 Å². The zero-order chi connectivity index (χ0) is 34.1. The summed E-state index contributed by atoms with van der Waals surface area (Å²) >= 11 is 3.08. The van der Waals surface area contributed by atoms with E-state index in [4.69, 9.17) is 0 Å². The van der Waals surface area contributed by atoms with Crippen LogP contribution in [-0.2, 0) is 5.41 Å². The van der Waals surface area contributed by atoms with Crippen molar-refractivity contribution in [1.29, 1.82) is 0 Å². The van der Waals surface area contributed by atoms with Crippen LogP contribution in [0.2, 0.25) is 0 Å². The van der Waals surface area contributed by atoms with Crippen LogP contribution in [-0.4, -0.2) is 11.6 Å². The van der Waals surface area contributed by atoms with Gasteiger partial charge in [-0.3, -0.25) is 9.59 Å². The highest BCUT2D eigenvalue weighted by molar-refractivity contribution is 7.99. The third kappa shape index (κ3) is 7.09. The molecule has 1 saturated carbocycles. The fraction of sp³-hybridized carbons (Fsp3) is 0.289. The number of hydrogen-bond donors (Lipinski definition) is 0. The maximum absolute atomic E-state index is 14.1. The van der Waals surface area contributed by atoms with Gasteiger partial charge in [0.1, 0.15) is 0 Å². The van der Waals surface area contributed by atoms with Gasteiger partial charge in [-0.25, -0.2) is 0 Å². The Hall–Kier alpha value is -3.86. The SMILES string of the molecule is CCCC1CCC(c2ccc(-c3ccc(Sc4cccc5c4C(=O)c4cccc(Sc6ccc(C(C)(C)C)cc6)c4C5=O)cc3)cc2)CC1. The van der Waals surface area contributed by atoms with Crippen LogP contribution < -0.4 is 0 Å². The molecule has 2 nitrogen and oxygen atoms in total. The van der Waals surface area contributed by atoms with Gasteiger partial charge < -0.3 is 0 Å². The molecule has 0 aliphatic heterocycles. The maximum atomic E-state index is 14.1. The molecule has 0 saturated heterocycles. The molecule has 0 spiro atoms. The number of benzene rings is 5. The van der Waals surface area contributed by atoms with E-state index < -0.39 is 0 Å². The second-order valence-electron chi connectivity index (χ2n) is 14.6. The quantitative estimate of drug-likeness (QED) is 0.160. The predicted octanol–water partition coefficient (Wildman–Crippen LogP) is 12.8. The van der Waals surface area contributed by atoms with Gasteiger partial charge in [-0.15, -0.1) is 0 Å². The van der Waals surface area contributed by atoms with Crippen LogP contribution in [0.3, 0.4) is 0 Å². The number of fused-ring (bicyclic) bond motifs is 2. The van der Waals surface area contributed by atoms with E-state index in [1.165, 1.54) is 72.5 Å². The molecular weight excluding hydrogens is 637 g/mol. The number of hydrogen-bond acceptors (Lipinski definition) is 4. The lowest BCUT2D eigenvalue weighted by atomic mass is 9.77. The van der Waals surface area contributed by atoms with Crippen molar-refractivity contribution in [1.82, 2.24) is 0 Å². The van der Waals surface area contributed by atoms with Crippen molar-refractivity contribution < 1.29 is 9.59 Å². The lowest BCUT2D eigenvalue weighted by Crippen LogP contribution is -2.22. The molecule has 248 valence electrons. The zero-order valence-corrected chi connectivity index (χ0v) is 30.6.